The number of nitrogens with one attached hydrogen (secondary N) is 1. The summed E-state index contributed by atoms with van der Waals surface area (Å²) in [6, 6.07) is -0.905. The average molecular weight is 778 g/mol. The van der Waals surface area contributed by atoms with Gasteiger partial charge in [0.05, 0.1) is 32.0 Å². The first-order valence-corrected chi connectivity index (χ1v) is 20.9. The number of amides is 1. The molecule has 14 nitrogen and oxygen atoms in total. The molecule has 0 radical (unpaired) electrons. The number of aliphatic hydroxyl groups excluding tert-OH is 8. The Morgan fingerprint density at radius 1 is 0.648 bits per heavy atom. The van der Waals surface area contributed by atoms with Gasteiger partial charge in [0.2, 0.25) is 5.91 Å². The van der Waals surface area contributed by atoms with Crippen molar-refractivity contribution in [3.8, 4) is 0 Å². The smallest absolute Gasteiger partial charge is 0.220 e. The van der Waals surface area contributed by atoms with Gasteiger partial charge >= 0.3 is 0 Å². The summed E-state index contributed by atoms with van der Waals surface area (Å²) < 4.78 is 22.3. The van der Waals surface area contributed by atoms with E-state index in [1.165, 1.54) is 103 Å². The highest BCUT2D eigenvalue weighted by atomic mass is 16.7. The maximum Gasteiger partial charge on any atom is 0.220 e. The largest absolute Gasteiger partial charge is 0.394 e. The predicted molar refractivity (Wildman–Crippen MR) is 203 cm³/mol. The molecule has 1 amide bonds. The Morgan fingerprint density at radius 3 is 1.63 bits per heavy atom. The zero-order chi connectivity index (χ0) is 39.7. The van der Waals surface area contributed by atoms with Gasteiger partial charge in [-0.25, -0.2) is 0 Å². The minimum absolute atomic E-state index is 0.164. The first-order chi connectivity index (χ1) is 26.1. The number of hydrogen-bond donors (Lipinski definition) is 9. The first-order valence-electron chi connectivity index (χ1n) is 20.9. The lowest BCUT2D eigenvalue weighted by Crippen LogP contribution is -2.65. The van der Waals surface area contributed by atoms with Crippen LogP contribution in [0, 0.1) is 0 Å². The van der Waals surface area contributed by atoms with Crippen molar-refractivity contribution in [2.75, 3.05) is 19.8 Å². The molecular formula is C40H75NO13. The molecule has 12 unspecified atom stereocenters. The van der Waals surface area contributed by atoms with Gasteiger partial charge in [-0.05, 0) is 12.8 Å². The Labute approximate surface area is 323 Å². The fraction of sp³-hybridized carbons (Fsp3) is 0.925. The zero-order valence-electron chi connectivity index (χ0n) is 33.0. The van der Waals surface area contributed by atoms with Crippen molar-refractivity contribution in [2.24, 2.45) is 0 Å². The van der Waals surface area contributed by atoms with E-state index in [-0.39, 0.29) is 18.9 Å². The van der Waals surface area contributed by atoms with E-state index in [0.29, 0.717) is 0 Å². The van der Waals surface area contributed by atoms with Gasteiger partial charge in [-0.15, -0.1) is 0 Å². The third-order valence-corrected chi connectivity index (χ3v) is 10.5. The van der Waals surface area contributed by atoms with Crippen LogP contribution in [-0.4, -0.2) is 140 Å². The summed E-state index contributed by atoms with van der Waals surface area (Å²) in [6.07, 6.45) is 11.0. The minimum atomic E-state index is -1.78. The van der Waals surface area contributed by atoms with Crippen LogP contribution in [0.4, 0.5) is 0 Å². The van der Waals surface area contributed by atoms with Crippen LogP contribution < -0.4 is 5.32 Å². The van der Waals surface area contributed by atoms with Crippen molar-refractivity contribution in [1.82, 2.24) is 5.32 Å². The highest BCUT2D eigenvalue weighted by Crippen LogP contribution is 2.30. The van der Waals surface area contributed by atoms with Crippen molar-refractivity contribution >= 4 is 5.91 Å². The number of unbranched alkanes of at least 4 members (excludes halogenated alkanes) is 18. The molecule has 12 atom stereocenters. The quantitative estimate of drug-likeness (QED) is 0.0378. The summed E-state index contributed by atoms with van der Waals surface area (Å²) in [7, 11) is 0. The molecule has 0 bridgehead atoms. The minimum Gasteiger partial charge on any atom is -0.394 e. The van der Waals surface area contributed by atoms with E-state index in [0.717, 1.165) is 19.3 Å². The molecule has 0 aromatic rings. The van der Waals surface area contributed by atoms with Gasteiger partial charge in [-0.1, -0.05) is 135 Å². The summed E-state index contributed by atoms with van der Waals surface area (Å²) in [4.78, 5) is 12.2. The fourth-order valence-corrected chi connectivity index (χ4v) is 6.96. The molecule has 54 heavy (non-hydrogen) atoms. The lowest BCUT2D eigenvalue weighted by atomic mass is 9.97. The SMILES string of the molecule is CCCCCCCCCCCCCCCCCCCC/C=C/C(O)C(COC1OC(CO)C(OC2OC(CO)C(O)C(O)C2O)C(O)C1O)NC(=O)CC. The number of aliphatic hydroxyl groups is 8. The summed E-state index contributed by atoms with van der Waals surface area (Å²) in [5.41, 5.74) is 0. The summed E-state index contributed by atoms with van der Waals surface area (Å²) in [5, 5.41) is 85.2. The van der Waals surface area contributed by atoms with Crippen molar-refractivity contribution in [3.05, 3.63) is 12.2 Å². The van der Waals surface area contributed by atoms with Gasteiger partial charge in [0.15, 0.2) is 12.6 Å². The lowest BCUT2D eigenvalue weighted by molar-refractivity contribution is -0.359. The first kappa shape index (κ1) is 48.9. The number of allylic oxidation sites excluding steroid dienone is 1. The average Bonchev–Trinajstić information content (AvgIpc) is 3.17. The molecule has 318 valence electrons. The van der Waals surface area contributed by atoms with Crippen LogP contribution in [0.5, 0.6) is 0 Å². The van der Waals surface area contributed by atoms with Gasteiger partial charge < -0.3 is 65.1 Å². The van der Waals surface area contributed by atoms with Crippen LogP contribution >= 0.6 is 0 Å². The standard InChI is InChI=1S/C40H75NO13/c1-3-5-6-7-8-9-10-11-12-13-14-15-16-17-18-19-20-21-22-23-24-29(44)28(41-32(45)4-2)27-51-39-37(50)35(48)38(31(26-43)53-39)54-40-36(49)34(47)33(46)30(25-42)52-40/h23-24,28-31,33-40,42-44,46-50H,3-22,25-27H2,1-2H3,(H,41,45)/b24-23+. The highest BCUT2D eigenvalue weighted by Gasteiger charge is 2.50. The van der Waals surface area contributed by atoms with E-state index in [2.05, 4.69) is 12.2 Å². The second-order valence-corrected chi connectivity index (χ2v) is 15.1. The van der Waals surface area contributed by atoms with Crippen molar-refractivity contribution in [2.45, 2.75) is 216 Å². The van der Waals surface area contributed by atoms with Gasteiger partial charge in [0, 0.05) is 6.42 Å². The highest BCUT2D eigenvalue weighted by molar-refractivity contribution is 5.75. The van der Waals surface area contributed by atoms with Gasteiger partial charge in [0.1, 0.15) is 48.8 Å². The second kappa shape index (κ2) is 29.0. The number of rotatable bonds is 30. The van der Waals surface area contributed by atoms with Crippen LogP contribution in [0.15, 0.2) is 12.2 Å². The molecule has 14 heteroatoms. The third kappa shape index (κ3) is 17.9. The Balaban J connectivity index is 1.68. The van der Waals surface area contributed by atoms with Crippen LogP contribution in [0.1, 0.15) is 142 Å². The van der Waals surface area contributed by atoms with E-state index in [4.69, 9.17) is 18.9 Å². The molecule has 2 aliphatic heterocycles. The molecule has 0 aliphatic carbocycles. The van der Waals surface area contributed by atoms with E-state index in [1.807, 2.05) is 6.08 Å². The molecule has 0 saturated carbocycles. The molecule has 2 saturated heterocycles. The molecule has 2 aliphatic rings. The molecule has 2 rings (SSSR count). The molecule has 2 fully saturated rings. The van der Waals surface area contributed by atoms with Crippen LogP contribution in [0.25, 0.3) is 0 Å². The molecule has 0 aromatic carbocycles. The molecule has 0 spiro atoms. The Kier molecular flexibility index (Phi) is 26.3. The maximum absolute atomic E-state index is 12.2. The Bertz CT molecular complexity index is 972. The van der Waals surface area contributed by atoms with Crippen LogP contribution in [0.3, 0.4) is 0 Å². The third-order valence-electron chi connectivity index (χ3n) is 10.5. The van der Waals surface area contributed by atoms with E-state index in [9.17, 15) is 45.6 Å². The normalized spacial score (nSPS) is 30.1. The summed E-state index contributed by atoms with van der Waals surface area (Å²) in [6.45, 7) is 2.21. The van der Waals surface area contributed by atoms with Gasteiger partial charge in [-0.3, -0.25) is 4.79 Å². The van der Waals surface area contributed by atoms with E-state index < -0.39 is 86.8 Å². The predicted octanol–water partition coefficient (Wildman–Crippen LogP) is 2.87. The Morgan fingerprint density at radius 2 is 1.13 bits per heavy atom. The topological polar surface area (TPSA) is 228 Å². The number of hydrogen-bond acceptors (Lipinski definition) is 13. The van der Waals surface area contributed by atoms with Crippen LogP contribution in [0.2, 0.25) is 0 Å². The molecule has 9 N–H and O–H groups in total. The van der Waals surface area contributed by atoms with Crippen molar-refractivity contribution in [3.63, 3.8) is 0 Å². The van der Waals surface area contributed by atoms with Gasteiger partial charge in [0.25, 0.3) is 0 Å². The Hall–Kier alpha value is -1.27. The molecular weight excluding hydrogens is 702 g/mol. The number of carbonyl (C=O) groups is 1. The zero-order valence-corrected chi connectivity index (χ0v) is 33.0. The van der Waals surface area contributed by atoms with Crippen molar-refractivity contribution in [1.29, 1.82) is 0 Å². The molecule has 2 heterocycles. The van der Waals surface area contributed by atoms with E-state index in [1.54, 1.807) is 13.0 Å². The lowest BCUT2D eigenvalue weighted by Gasteiger charge is -2.46. The van der Waals surface area contributed by atoms with E-state index >= 15 is 0 Å². The molecule has 0 aromatic heterocycles. The number of ether oxygens (including phenoxy) is 4. The van der Waals surface area contributed by atoms with Crippen molar-refractivity contribution < 1.29 is 64.6 Å². The summed E-state index contributed by atoms with van der Waals surface area (Å²) in [5.74, 6) is -0.328. The fourth-order valence-electron chi connectivity index (χ4n) is 6.96. The summed E-state index contributed by atoms with van der Waals surface area (Å²) >= 11 is 0. The number of carbonyl (C=O) groups excluding carboxylic acids is 1. The maximum atomic E-state index is 12.2. The monoisotopic (exact) mass is 778 g/mol. The van der Waals surface area contributed by atoms with Crippen LogP contribution in [-0.2, 0) is 23.7 Å². The van der Waals surface area contributed by atoms with Gasteiger partial charge in [-0.2, -0.15) is 0 Å². The second-order valence-electron chi connectivity index (χ2n) is 15.1.